The molecule has 8 aromatic carbocycles. The summed E-state index contributed by atoms with van der Waals surface area (Å²) in [5, 5.41) is 2.45. The molecule has 0 aliphatic rings. The van der Waals surface area contributed by atoms with Crippen LogP contribution in [0.2, 0.25) is 0 Å². The minimum Gasteiger partial charge on any atom is -0.310 e. The van der Waals surface area contributed by atoms with Crippen LogP contribution in [0.5, 0.6) is 0 Å². The van der Waals surface area contributed by atoms with Crippen LogP contribution in [0.25, 0.3) is 60.9 Å². The maximum Gasteiger partial charge on any atom is 0.0562 e. The molecule has 0 aliphatic heterocycles. The first-order chi connectivity index (χ1) is 24.8. The first kappa shape index (κ1) is 29.5. The van der Waals surface area contributed by atoms with Gasteiger partial charge in [-0.3, -0.25) is 0 Å². The lowest BCUT2D eigenvalue weighted by atomic mass is 9.98. The summed E-state index contributed by atoms with van der Waals surface area (Å²) < 4.78 is 2.41. The van der Waals surface area contributed by atoms with Crippen LogP contribution < -0.4 is 4.90 Å². The maximum atomic E-state index is 2.42. The molecule has 0 spiro atoms. The second-order valence-electron chi connectivity index (χ2n) is 12.6. The molecule has 0 radical (unpaired) electrons. The Morgan fingerprint density at radius 3 is 1.24 bits per heavy atom. The van der Waals surface area contributed by atoms with Gasteiger partial charge in [-0.1, -0.05) is 152 Å². The van der Waals surface area contributed by atoms with Gasteiger partial charge in [-0.25, -0.2) is 0 Å². The minimum absolute atomic E-state index is 1.10. The quantitative estimate of drug-likeness (QED) is 0.169. The average Bonchev–Trinajstić information content (AvgIpc) is 3.55. The molecule has 1 heterocycles. The minimum atomic E-state index is 1.10. The van der Waals surface area contributed by atoms with E-state index < -0.39 is 0 Å². The molecule has 0 saturated heterocycles. The van der Waals surface area contributed by atoms with E-state index in [0.29, 0.717) is 0 Å². The van der Waals surface area contributed by atoms with E-state index in [-0.39, 0.29) is 0 Å². The van der Waals surface area contributed by atoms with Crippen LogP contribution in [0.15, 0.2) is 206 Å². The van der Waals surface area contributed by atoms with Gasteiger partial charge in [-0.15, -0.1) is 0 Å². The van der Waals surface area contributed by atoms with E-state index in [1.807, 2.05) is 0 Å². The van der Waals surface area contributed by atoms with Gasteiger partial charge in [0.1, 0.15) is 0 Å². The smallest absolute Gasteiger partial charge is 0.0562 e. The molecular weight excluding hydrogens is 605 g/mol. The van der Waals surface area contributed by atoms with E-state index in [4.69, 9.17) is 0 Å². The van der Waals surface area contributed by atoms with E-state index >= 15 is 0 Å². The van der Waals surface area contributed by atoms with Crippen LogP contribution in [0.1, 0.15) is 0 Å². The van der Waals surface area contributed by atoms with Gasteiger partial charge in [0.25, 0.3) is 0 Å². The fourth-order valence-corrected chi connectivity index (χ4v) is 7.28. The zero-order valence-corrected chi connectivity index (χ0v) is 27.5. The SMILES string of the molecule is c1ccc(-c2ccc(N(c3ccc(-c4ccccc4)cc3)c3cccc4c3c3c(-c5ccccc5)cccc3n4-c3ccccc3)cc2)cc1. The van der Waals surface area contributed by atoms with Gasteiger partial charge in [0, 0.05) is 27.8 Å². The lowest BCUT2D eigenvalue weighted by Gasteiger charge is -2.27. The summed E-state index contributed by atoms with van der Waals surface area (Å²) in [6.07, 6.45) is 0. The van der Waals surface area contributed by atoms with Crippen molar-refractivity contribution in [2.24, 2.45) is 0 Å². The Morgan fingerprint density at radius 2 is 0.720 bits per heavy atom. The summed E-state index contributed by atoms with van der Waals surface area (Å²) in [5.74, 6) is 0. The highest BCUT2D eigenvalue weighted by atomic mass is 15.1. The number of anilines is 3. The maximum absolute atomic E-state index is 2.42. The van der Waals surface area contributed by atoms with Crippen molar-refractivity contribution in [1.82, 2.24) is 4.57 Å². The molecule has 0 N–H and O–H groups in total. The summed E-state index contributed by atoms with van der Waals surface area (Å²) in [6, 6.07) is 74.0. The van der Waals surface area contributed by atoms with Crippen molar-refractivity contribution in [3.05, 3.63) is 206 Å². The molecule has 2 heteroatoms. The first-order valence-electron chi connectivity index (χ1n) is 17.1. The molecule has 0 fully saturated rings. The van der Waals surface area contributed by atoms with Crippen molar-refractivity contribution in [3.63, 3.8) is 0 Å². The topological polar surface area (TPSA) is 8.17 Å². The van der Waals surface area contributed by atoms with Crippen molar-refractivity contribution in [3.8, 4) is 39.1 Å². The number of hydrogen-bond donors (Lipinski definition) is 0. The van der Waals surface area contributed by atoms with Gasteiger partial charge in [0.05, 0.1) is 16.7 Å². The highest BCUT2D eigenvalue weighted by molar-refractivity contribution is 6.21. The molecule has 2 nitrogen and oxygen atoms in total. The van der Waals surface area contributed by atoms with Gasteiger partial charge in [-0.2, -0.15) is 0 Å². The zero-order valence-electron chi connectivity index (χ0n) is 27.5. The second kappa shape index (κ2) is 12.8. The Balaban J connectivity index is 1.32. The van der Waals surface area contributed by atoms with Crippen LogP contribution in [0.3, 0.4) is 0 Å². The Labute approximate surface area is 292 Å². The van der Waals surface area contributed by atoms with Crippen LogP contribution in [-0.4, -0.2) is 4.57 Å². The van der Waals surface area contributed by atoms with Gasteiger partial charge < -0.3 is 9.47 Å². The number of benzene rings is 8. The molecule has 0 atom stereocenters. The second-order valence-corrected chi connectivity index (χ2v) is 12.6. The number of nitrogens with zero attached hydrogens (tertiary/aromatic N) is 2. The summed E-state index contributed by atoms with van der Waals surface area (Å²) in [7, 11) is 0. The fourth-order valence-electron chi connectivity index (χ4n) is 7.28. The number of para-hydroxylation sites is 1. The van der Waals surface area contributed by atoms with Crippen LogP contribution >= 0.6 is 0 Å². The molecule has 0 unspecified atom stereocenters. The number of rotatable bonds is 7. The molecule has 0 amide bonds. The molecule has 9 aromatic rings. The van der Waals surface area contributed by atoms with Crippen molar-refractivity contribution >= 4 is 38.9 Å². The van der Waals surface area contributed by atoms with Gasteiger partial charge >= 0.3 is 0 Å². The van der Waals surface area contributed by atoms with Crippen LogP contribution in [0.4, 0.5) is 17.1 Å². The average molecular weight is 639 g/mol. The largest absolute Gasteiger partial charge is 0.310 e. The third kappa shape index (κ3) is 5.24. The predicted molar refractivity (Wildman–Crippen MR) is 212 cm³/mol. The molecule has 0 bridgehead atoms. The molecule has 0 saturated carbocycles. The number of hydrogen-bond acceptors (Lipinski definition) is 1. The Kier molecular flexibility index (Phi) is 7.53. The monoisotopic (exact) mass is 638 g/mol. The van der Waals surface area contributed by atoms with E-state index in [9.17, 15) is 0 Å². The highest BCUT2D eigenvalue weighted by Gasteiger charge is 2.23. The molecule has 0 aliphatic carbocycles. The van der Waals surface area contributed by atoms with Gasteiger partial charge in [0.2, 0.25) is 0 Å². The Hall–Kier alpha value is -6.64. The van der Waals surface area contributed by atoms with E-state index in [2.05, 4.69) is 216 Å². The van der Waals surface area contributed by atoms with Crippen molar-refractivity contribution in [2.45, 2.75) is 0 Å². The zero-order chi connectivity index (χ0) is 33.3. The van der Waals surface area contributed by atoms with Gasteiger partial charge in [-0.05, 0) is 88.0 Å². The Bertz CT molecular complexity index is 2450. The lowest BCUT2D eigenvalue weighted by molar-refractivity contribution is 1.18. The van der Waals surface area contributed by atoms with Gasteiger partial charge in [0.15, 0.2) is 0 Å². The van der Waals surface area contributed by atoms with Crippen molar-refractivity contribution in [1.29, 1.82) is 0 Å². The third-order valence-electron chi connectivity index (χ3n) is 9.60. The standard InChI is InChI=1S/C48H34N2/c1-5-15-35(16-6-1)37-27-31-41(32-28-37)49(42-33-29-38(30-34-42)36-17-7-2-8-18-36)45-25-14-26-46-48(45)47-43(39-19-9-3-10-20-39)23-13-24-44(47)50(46)40-21-11-4-12-22-40/h1-34H. The fraction of sp³-hybridized carbons (Fsp3) is 0. The van der Waals surface area contributed by atoms with Crippen molar-refractivity contribution < 1.29 is 0 Å². The molecule has 9 rings (SSSR count). The summed E-state index contributed by atoms with van der Waals surface area (Å²) >= 11 is 0. The van der Waals surface area contributed by atoms with E-state index in [1.165, 1.54) is 55.2 Å². The molecule has 1 aromatic heterocycles. The number of aromatic nitrogens is 1. The highest BCUT2D eigenvalue weighted by Crippen LogP contribution is 2.46. The first-order valence-corrected chi connectivity index (χ1v) is 17.1. The van der Waals surface area contributed by atoms with E-state index in [1.54, 1.807) is 0 Å². The van der Waals surface area contributed by atoms with Crippen molar-refractivity contribution in [2.75, 3.05) is 4.90 Å². The Morgan fingerprint density at radius 1 is 0.300 bits per heavy atom. The summed E-state index contributed by atoms with van der Waals surface area (Å²) in [5.41, 5.74) is 14.0. The normalized spacial score (nSPS) is 11.2. The lowest BCUT2D eigenvalue weighted by Crippen LogP contribution is -2.10. The molecule has 236 valence electrons. The van der Waals surface area contributed by atoms with Crippen LogP contribution in [0, 0.1) is 0 Å². The summed E-state index contributed by atoms with van der Waals surface area (Å²) in [6.45, 7) is 0. The van der Waals surface area contributed by atoms with Crippen LogP contribution in [-0.2, 0) is 0 Å². The molecular formula is C48H34N2. The predicted octanol–water partition coefficient (Wildman–Crippen LogP) is 13.3. The summed E-state index contributed by atoms with van der Waals surface area (Å²) in [4.78, 5) is 2.42. The third-order valence-corrected chi connectivity index (χ3v) is 9.60. The van der Waals surface area contributed by atoms with E-state index in [0.717, 1.165) is 22.7 Å². The number of fused-ring (bicyclic) bond motifs is 3. The molecule has 50 heavy (non-hydrogen) atoms.